The van der Waals surface area contributed by atoms with Gasteiger partial charge in [0.1, 0.15) is 10.8 Å². The summed E-state index contributed by atoms with van der Waals surface area (Å²) in [5, 5.41) is 0.795. The normalized spacial score (nSPS) is 16.2. The van der Waals surface area contributed by atoms with Crippen LogP contribution in [0.4, 0.5) is 0 Å². The summed E-state index contributed by atoms with van der Waals surface area (Å²) in [5.41, 5.74) is 12.6. The van der Waals surface area contributed by atoms with Gasteiger partial charge in [-0.25, -0.2) is 4.98 Å². The van der Waals surface area contributed by atoms with Crippen molar-refractivity contribution in [3.63, 3.8) is 0 Å². The predicted molar refractivity (Wildman–Crippen MR) is 74.3 cm³/mol. The number of nitrogens with zero attached hydrogens (tertiary/aromatic N) is 2. The molecule has 0 radical (unpaired) electrons. The predicted octanol–water partition coefficient (Wildman–Crippen LogP) is 1.65. The van der Waals surface area contributed by atoms with Crippen LogP contribution in [0.3, 0.4) is 0 Å². The molecule has 0 bridgehead atoms. The average molecular weight is 262 g/mol. The molecule has 0 amide bonds. The van der Waals surface area contributed by atoms with Crippen LogP contribution in [0.2, 0.25) is 0 Å². The summed E-state index contributed by atoms with van der Waals surface area (Å²) < 4.78 is 4.36. The van der Waals surface area contributed by atoms with Crippen molar-refractivity contribution in [1.29, 1.82) is 0 Å². The van der Waals surface area contributed by atoms with Crippen molar-refractivity contribution in [3.8, 4) is 0 Å². The summed E-state index contributed by atoms with van der Waals surface area (Å²) >= 11 is 1.34. The summed E-state index contributed by atoms with van der Waals surface area (Å²) in [6.45, 7) is 3.78. The molecule has 1 aromatic carbocycles. The first kappa shape index (κ1) is 13.1. The maximum atomic E-state index is 6.17. The molecule has 0 saturated carbocycles. The van der Waals surface area contributed by atoms with Crippen LogP contribution in [0.5, 0.6) is 0 Å². The van der Waals surface area contributed by atoms with Crippen LogP contribution >= 0.6 is 11.5 Å². The maximum Gasteiger partial charge on any atom is 0.147 e. The van der Waals surface area contributed by atoms with E-state index in [0.717, 1.165) is 17.3 Å². The number of nitrogens with two attached hydrogens (primary N) is 2. The monoisotopic (exact) mass is 262 g/mol. The minimum Gasteiger partial charge on any atom is -0.326 e. The Morgan fingerprint density at radius 3 is 2.61 bits per heavy atom. The van der Waals surface area contributed by atoms with Gasteiger partial charge in [-0.2, -0.15) is 4.37 Å². The molecule has 4 N–H and O–H groups in total. The van der Waals surface area contributed by atoms with E-state index in [-0.39, 0.29) is 6.04 Å². The molecule has 4 nitrogen and oxygen atoms in total. The Morgan fingerprint density at radius 2 is 2.00 bits per heavy atom. The highest BCUT2D eigenvalue weighted by atomic mass is 32.1. The van der Waals surface area contributed by atoms with E-state index in [1.165, 1.54) is 17.1 Å². The average Bonchev–Trinajstić information content (AvgIpc) is 2.79. The lowest BCUT2D eigenvalue weighted by Gasteiger charge is -2.25. The molecule has 0 aliphatic carbocycles. The van der Waals surface area contributed by atoms with Crippen molar-refractivity contribution in [1.82, 2.24) is 9.36 Å². The first-order valence-electron chi connectivity index (χ1n) is 5.91. The second-order valence-electron chi connectivity index (χ2n) is 4.75. The van der Waals surface area contributed by atoms with Crippen LogP contribution in [-0.2, 0) is 12.0 Å². The third-order valence-electron chi connectivity index (χ3n) is 3.08. The van der Waals surface area contributed by atoms with Crippen molar-refractivity contribution in [2.75, 3.05) is 0 Å². The second kappa shape index (κ2) is 5.14. The largest absolute Gasteiger partial charge is 0.326 e. The lowest BCUT2D eigenvalue weighted by molar-refractivity contribution is 0.407. The van der Waals surface area contributed by atoms with E-state index < -0.39 is 5.54 Å². The van der Waals surface area contributed by atoms with Crippen LogP contribution in [0.1, 0.15) is 30.2 Å². The minimum absolute atomic E-state index is 0.157. The van der Waals surface area contributed by atoms with Gasteiger partial charge in [0, 0.05) is 12.5 Å². The van der Waals surface area contributed by atoms with E-state index >= 15 is 0 Å². The van der Waals surface area contributed by atoms with Crippen molar-refractivity contribution in [2.45, 2.75) is 31.8 Å². The molecule has 1 heterocycles. The maximum absolute atomic E-state index is 6.17. The zero-order valence-electron chi connectivity index (χ0n) is 10.6. The van der Waals surface area contributed by atoms with Gasteiger partial charge >= 0.3 is 0 Å². The van der Waals surface area contributed by atoms with Gasteiger partial charge in [-0.1, -0.05) is 30.3 Å². The van der Waals surface area contributed by atoms with Crippen LogP contribution < -0.4 is 11.5 Å². The van der Waals surface area contributed by atoms with Gasteiger partial charge in [0.25, 0.3) is 0 Å². The number of benzene rings is 1. The molecular weight excluding hydrogens is 244 g/mol. The summed E-state index contributed by atoms with van der Waals surface area (Å²) in [6.07, 6.45) is 0.729. The third-order valence-corrected chi connectivity index (χ3v) is 4.09. The Kier molecular flexibility index (Phi) is 3.75. The molecule has 2 unspecified atom stereocenters. The molecule has 0 fully saturated rings. The summed E-state index contributed by atoms with van der Waals surface area (Å²) in [6, 6.07) is 9.99. The lowest BCUT2D eigenvalue weighted by Crippen LogP contribution is -2.48. The van der Waals surface area contributed by atoms with Gasteiger partial charge < -0.3 is 11.5 Å². The molecule has 0 aliphatic heterocycles. The van der Waals surface area contributed by atoms with Gasteiger partial charge in [-0.15, -0.1) is 0 Å². The van der Waals surface area contributed by atoms with Gasteiger partial charge in [0.05, 0.1) is 5.54 Å². The lowest BCUT2D eigenvalue weighted by atomic mass is 9.97. The van der Waals surface area contributed by atoms with E-state index in [4.69, 9.17) is 11.5 Å². The Bertz CT molecular complexity index is 505. The highest BCUT2D eigenvalue weighted by Crippen LogP contribution is 2.23. The highest BCUT2D eigenvalue weighted by Gasteiger charge is 2.30. The standard InChI is InChI=1S/C13H18N4S/c1-9(14)13(2,15)12-16-11(17-18-12)8-10-6-4-3-5-7-10/h3-7,9H,8,14-15H2,1-2H3. The van der Waals surface area contributed by atoms with E-state index in [1.807, 2.05) is 32.0 Å². The molecule has 0 spiro atoms. The van der Waals surface area contributed by atoms with Crippen molar-refractivity contribution in [2.24, 2.45) is 11.5 Å². The van der Waals surface area contributed by atoms with Gasteiger partial charge in [-0.3, -0.25) is 0 Å². The van der Waals surface area contributed by atoms with Gasteiger partial charge in [0.2, 0.25) is 0 Å². The molecular formula is C13H18N4S. The Balaban J connectivity index is 2.16. The molecule has 0 saturated heterocycles. The van der Waals surface area contributed by atoms with Crippen molar-refractivity contribution >= 4 is 11.5 Å². The SMILES string of the molecule is CC(N)C(C)(N)c1nc(Cc2ccccc2)ns1. The molecule has 5 heteroatoms. The number of hydrogen-bond donors (Lipinski definition) is 2. The molecule has 0 aliphatic rings. The number of rotatable bonds is 4. The van der Waals surface area contributed by atoms with Crippen LogP contribution in [0, 0.1) is 0 Å². The van der Waals surface area contributed by atoms with E-state index in [1.54, 1.807) is 0 Å². The number of hydrogen-bond acceptors (Lipinski definition) is 5. The summed E-state index contributed by atoms with van der Waals surface area (Å²) in [7, 11) is 0. The fraction of sp³-hybridized carbons (Fsp3) is 0.385. The zero-order chi connectivity index (χ0) is 13.2. The van der Waals surface area contributed by atoms with Crippen LogP contribution in [0.15, 0.2) is 30.3 Å². The van der Waals surface area contributed by atoms with Crippen LogP contribution in [0.25, 0.3) is 0 Å². The van der Waals surface area contributed by atoms with Crippen molar-refractivity contribution < 1.29 is 0 Å². The van der Waals surface area contributed by atoms with Crippen molar-refractivity contribution in [3.05, 3.63) is 46.7 Å². The Labute approximate surface area is 111 Å². The third kappa shape index (κ3) is 2.75. The highest BCUT2D eigenvalue weighted by molar-refractivity contribution is 7.05. The van der Waals surface area contributed by atoms with Crippen LogP contribution in [-0.4, -0.2) is 15.4 Å². The quantitative estimate of drug-likeness (QED) is 0.878. The van der Waals surface area contributed by atoms with E-state index in [0.29, 0.717) is 0 Å². The fourth-order valence-electron chi connectivity index (χ4n) is 1.52. The topological polar surface area (TPSA) is 77.8 Å². The summed E-state index contributed by atoms with van der Waals surface area (Å²) in [5.74, 6) is 0.804. The molecule has 2 atom stereocenters. The second-order valence-corrected chi connectivity index (χ2v) is 5.50. The molecule has 2 aromatic rings. The Hall–Kier alpha value is -1.30. The first-order chi connectivity index (χ1) is 8.50. The molecule has 18 heavy (non-hydrogen) atoms. The summed E-state index contributed by atoms with van der Waals surface area (Å²) in [4.78, 5) is 4.50. The molecule has 2 rings (SSSR count). The van der Waals surface area contributed by atoms with E-state index in [9.17, 15) is 0 Å². The van der Waals surface area contributed by atoms with E-state index in [2.05, 4.69) is 21.5 Å². The molecule has 1 aromatic heterocycles. The molecule has 96 valence electrons. The zero-order valence-corrected chi connectivity index (χ0v) is 11.4. The van der Waals surface area contributed by atoms with Gasteiger partial charge in [0.15, 0.2) is 0 Å². The van der Waals surface area contributed by atoms with Gasteiger partial charge in [-0.05, 0) is 30.9 Å². The smallest absolute Gasteiger partial charge is 0.147 e. The number of aromatic nitrogens is 2. The first-order valence-corrected chi connectivity index (χ1v) is 6.69. The Morgan fingerprint density at radius 1 is 1.33 bits per heavy atom. The minimum atomic E-state index is -0.618. The fourth-order valence-corrected chi connectivity index (χ4v) is 2.34.